The van der Waals surface area contributed by atoms with Gasteiger partial charge >= 0.3 is 0 Å². The SMILES string of the molecule is NS(=O)(=O)CC1CC(=O)N(Cc2ccc(N3CCCCC3)cc2)C1. The molecule has 0 saturated carbocycles. The number of amides is 1. The first-order valence-electron chi connectivity index (χ1n) is 8.53. The van der Waals surface area contributed by atoms with Crippen molar-refractivity contribution < 1.29 is 13.2 Å². The molecule has 7 heteroatoms. The summed E-state index contributed by atoms with van der Waals surface area (Å²) in [6, 6.07) is 8.35. The fourth-order valence-electron chi connectivity index (χ4n) is 3.63. The molecular weight excluding hydrogens is 326 g/mol. The number of benzene rings is 1. The lowest BCUT2D eigenvalue weighted by Gasteiger charge is -2.29. The van der Waals surface area contributed by atoms with E-state index < -0.39 is 10.0 Å². The van der Waals surface area contributed by atoms with E-state index in [2.05, 4.69) is 29.2 Å². The van der Waals surface area contributed by atoms with Gasteiger partial charge in [-0.15, -0.1) is 0 Å². The average molecular weight is 351 g/mol. The van der Waals surface area contributed by atoms with Crippen LogP contribution in [0.5, 0.6) is 0 Å². The molecule has 1 atom stereocenters. The van der Waals surface area contributed by atoms with Crippen LogP contribution in [0, 0.1) is 5.92 Å². The van der Waals surface area contributed by atoms with E-state index in [1.54, 1.807) is 4.90 Å². The third-order valence-electron chi connectivity index (χ3n) is 4.79. The minimum Gasteiger partial charge on any atom is -0.372 e. The molecule has 0 radical (unpaired) electrons. The molecule has 3 rings (SSSR count). The highest BCUT2D eigenvalue weighted by Crippen LogP contribution is 2.23. The van der Waals surface area contributed by atoms with Crippen molar-refractivity contribution >= 4 is 21.6 Å². The predicted octanol–water partition coefficient (Wildman–Crippen LogP) is 1.31. The molecule has 2 saturated heterocycles. The number of sulfonamides is 1. The molecule has 2 aliphatic rings. The van der Waals surface area contributed by atoms with Gasteiger partial charge in [-0.25, -0.2) is 13.6 Å². The van der Waals surface area contributed by atoms with Crippen LogP contribution in [-0.2, 0) is 21.4 Å². The molecular formula is C17H25N3O3S. The summed E-state index contributed by atoms with van der Waals surface area (Å²) in [4.78, 5) is 16.2. The minimum atomic E-state index is -3.53. The second-order valence-corrected chi connectivity index (χ2v) is 8.55. The van der Waals surface area contributed by atoms with Crippen molar-refractivity contribution in [1.29, 1.82) is 0 Å². The van der Waals surface area contributed by atoms with Gasteiger partial charge in [0.25, 0.3) is 0 Å². The van der Waals surface area contributed by atoms with Crippen LogP contribution in [0.15, 0.2) is 24.3 Å². The molecule has 1 aromatic carbocycles. The molecule has 0 bridgehead atoms. The molecule has 2 aliphatic heterocycles. The Kier molecular flexibility index (Phi) is 5.10. The number of rotatable bonds is 5. The lowest BCUT2D eigenvalue weighted by Crippen LogP contribution is -2.29. The van der Waals surface area contributed by atoms with E-state index >= 15 is 0 Å². The van der Waals surface area contributed by atoms with Gasteiger partial charge in [-0.3, -0.25) is 4.79 Å². The Hall–Kier alpha value is -1.60. The van der Waals surface area contributed by atoms with Gasteiger partial charge in [0.2, 0.25) is 15.9 Å². The molecule has 24 heavy (non-hydrogen) atoms. The highest BCUT2D eigenvalue weighted by atomic mass is 32.2. The highest BCUT2D eigenvalue weighted by Gasteiger charge is 2.31. The number of likely N-dealkylation sites (tertiary alicyclic amines) is 1. The van der Waals surface area contributed by atoms with Crippen molar-refractivity contribution in [3.05, 3.63) is 29.8 Å². The number of hydrogen-bond acceptors (Lipinski definition) is 4. The second kappa shape index (κ2) is 7.11. The topological polar surface area (TPSA) is 83.7 Å². The van der Waals surface area contributed by atoms with Crippen LogP contribution in [0.4, 0.5) is 5.69 Å². The zero-order chi connectivity index (χ0) is 17.2. The molecule has 1 unspecified atom stereocenters. The Bertz CT molecular complexity index is 682. The molecule has 2 fully saturated rings. The molecule has 6 nitrogen and oxygen atoms in total. The molecule has 0 aromatic heterocycles. The standard InChI is InChI=1S/C17H25N3O3S/c18-24(22,23)13-15-10-17(21)20(12-15)11-14-4-6-16(7-5-14)19-8-2-1-3-9-19/h4-7,15H,1-3,8-13H2,(H2,18,22,23). The van der Waals surface area contributed by atoms with Crippen molar-refractivity contribution in [1.82, 2.24) is 4.90 Å². The van der Waals surface area contributed by atoms with Crippen molar-refractivity contribution in [2.24, 2.45) is 11.1 Å². The number of piperidine rings is 1. The van der Waals surface area contributed by atoms with E-state index in [9.17, 15) is 13.2 Å². The fourth-order valence-corrected chi connectivity index (χ4v) is 4.51. The van der Waals surface area contributed by atoms with E-state index in [0.717, 1.165) is 18.7 Å². The number of carbonyl (C=O) groups excluding carboxylic acids is 1. The first-order valence-corrected chi connectivity index (χ1v) is 10.2. The summed E-state index contributed by atoms with van der Waals surface area (Å²) in [7, 11) is -3.53. The second-order valence-electron chi connectivity index (χ2n) is 6.89. The number of nitrogens with zero attached hydrogens (tertiary/aromatic N) is 2. The van der Waals surface area contributed by atoms with Crippen molar-refractivity contribution in [3.8, 4) is 0 Å². The van der Waals surface area contributed by atoms with Gasteiger partial charge in [0.15, 0.2) is 0 Å². The van der Waals surface area contributed by atoms with Crippen LogP contribution in [0.1, 0.15) is 31.2 Å². The fraction of sp³-hybridized carbons (Fsp3) is 0.588. The zero-order valence-corrected chi connectivity index (χ0v) is 14.7. The number of hydrogen-bond donors (Lipinski definition) is 1. The third kappa shape index (κ3) is 4.48. The Morgan fingerprint density at radius 1 is 1.08 bits per heavy atom. The van der Waals surface area contributed by atoms with Crippen LogP contribution in [0.3, 0.4) is 0 Å². The first-order chi connectivity index (χ1) is 11.4. The van der Waals surface area contributed by atoms with Crippen LogP contribution < -0.4 is 10.0 Å². The van der Waals surface area contributed by atoms with E-state index in [-0.39, 0.29) is 24.0 Å². The van der Waals surface area contributed by atoms with E-state index in [1.807, 2.05) is 0 Å². The Balaban J connectivity index is 1.58. The van der Waals surface area contributed by atoms with E-state index in [1.165, 1.54) is 24.9 Å². The molecule has 0 aliphatic carbocycles. The summed E-state index contributed by atoms with van der Waals surface area (Å²) in [6.45, 7) is 3.21. The molecule has 1 aromatic rings. The number of nitrogens with two attached hydrogens (primary N) is 1. The molecule has 1 amide bonds. The lowest BCUT2D eigenvalue weighted by molar-refractivity contribution is -0.128. The largest absolute Gasteiger partial charge is 0.372 e. The third-order valence-corrected chi connectivity index (χ3v) is 5.73. The van der Waals surface area contributed by atoms with Crippen LogP contribution in [0.2, 0.25) is 0 Å². The molecule has 2 N–H and O–H groups in total. The zero-order valence-electron chi connectivity index (χ0n) is 13.9. The molecule has 132 valence electrons. The Morgan fingerprint density at radius 2 is 1.75 bits per heavy atom. The number of carbonyl (C=O) groups is 1. The minimum absolute atomic E-state index is 0.00348. The van der Waals surface area contributed by atoms with Gasteiger partial charge in [0.1, 0.15) is 0 Å². The summed E-state index contributed by atoms with van der Waals surface area (Å²) in [5.74, 6) is -0.313. The smallest absolute Gasteiger partial charge is 0.223 e. The molecule has 0 spiro atoms. The normalized spacial score (nSPS) is 22.2. The van der Waals surface area contributed by atoms with Crippen LogP contribution in [0.25, 0.3) is 0 Å². The maximum Gasteiger partial charge on any atom is 0.223 e. The Morgan fingerprint density at radius 3 is 2.38 bits per heavy atom. The molecule has 2 heterocycles. The predicted molar refractivity (Wildman–Crippen MR) is 94.0 cm³/mol. The summed E-state index contributed by atoms with van der Waals surface area (Å²) < 4.78 is 22.4. The summed E-state index contributed by atoms with van der Waals surface area (Å²) in [6.07, 6.45) is 4.07. The van der Waals surface area contributed by atoms with Crippen molar-refractivity contribution in [2.75, 3.05) is 30.3 Å². The van der Waals surface area contributed by atoms with Gasteiger partial charge < -0.3 is 9.80 Å². The van der Waals surface area contributed by atoms with E-state index in [0.29, 0.717) is 13.1 Å². The van der Waals surface area contributed by atoms with Crippen LogP contribution in [-0.4, -0.2) is 44.6 Å². The summed E-state index contributed by atoms with van der Waals surface area (Å²) >= 11 is 0. The van der Waals surface area contributed by atoms with Crippen molar-refractivity contribution in [3.63, 3.8) is 0 Å². The summed E-state index contributed by atoms with van der Waals surface area (Å²) in [5.41, 5.74) is 2.30. The Labute approximate surface area is 143 Å². The monoisotopic (exact) mass is 351 g/mol. The van der Waals surface area contributed by atoms with Gasteiger partial charge in [0.05, 0.1) is 5.75 Å². The number of primary sulfonamides is 1. The average Bonchev–Trinajstić information content (AvgIpc) is 2.86. The van der Waals surface area contributed by atoms with Gasteiger partial charge in [-0.05, 0) is 37.0 Å². The van der Waals surface area contributed by atoms with Crippen molar-refractivity contribution in [2.45, 2.75) is 32.2 Å². The first kappa shape index (κ1) is 17.2. The summed E-state index contributed by atoms with van der Waals surface area (Å²) in [5, 5.41) is 5.08. The quantitative estimate of drug-likeness (QED) is 0.867. The number of anilines is 1. The highest BCUT2D eigenvalue weighted by molar-refractivity contribution is 7.89. The van der Waals surface area contributed by atoms with Gasteiger partial charge in [0, 0.05) is 44.2 Å². The van der Waals surface area contributed by atoms with Gasteiger partial charge in [-0.2, -0.15) is 0 Å². The maximum atomic E-state index is 12.1. The van der Waals surface area contributed by atoms with E-state index in [4.69, 9.17) is 5.14 Å². The van der Waals surface area contributed by atoms with Crippen LogP contribution >= 0.6 is 0 Å². The lowest BCUT2D eigenvalue weighted by atomic mass is 10.1. The van der Waals surface area contributed by atoms with Gasteiger partial charge in [-0.1, -0.05) is 12.1 Å². The maximum absolute atomic E-state index is 12.1.